The highest BCUT2D eigenvalue weighted by atomic mass is 19.1. The molecule has 3 rings (SSSR count). The number of nitrogens with zero attached hydrogens (tertiary/aromatic N) is 4. The van der Waals surface area contributed by atoms with Crippen LogP contribution in [0.25, 0.3) is 5.69 Å². The summed E-state index contributed by atoms with van der Waals surface area (Å²) in [5.41, 5.74) is 3.84. The Morgan fingerprint density at radius 2 is 2.04 bits per heavy atom. The average molecular weight is 325 g/mol. The van der Waals surface area contributed by atoms with Gasteiger partial charge in [-0.2, -0.15) is 14.6 Å². The van der Waals surface area contributed by atoms with Crippen molar-refractivity contribution in [1.29, 1.82) is 0 Å². The molecule has 6 nitrogen and oxygen atoms in total. The van der Waals surface area contributed by atoms with Gasteiger partial charge in [0.1, 0.15) is 0 Å². The van der Waals surface area contributed by atoms with Gasteiger partial charge in [-0.15, -0.1) is 0 Å². The van der Waals surface area contributed by atoms with Crippen LogP contribution in [-0.2, 0) is 6.54 Å². The number of aryl methyl sites for hydroxylation is 1. The number of para-hydroxylation sites is 1. The first-order valence-electron chi connectivity index (χ1n) is 7.47. The lowest BCUT2D eigenvalue weighted by molar-refractivity contribution is 0.0955. The molecule has 0 aliphatic rings. The van der Waals surface area contributed by atoms with Crippen LogP contribution >= 0.6 is 0 Å². The third-order valence-corrected chi connectivity index (χ3v) is 3.50. The van der Waals surface area contributed by atoms with E-state index in [0.29, 0.717) is 12.1 Å². The second-order valence-electron chi connectivity index (χ2n) is 5.01. The van der Waals surface area contributed by atoms with Crippen LogP contribution in [0.2, 0.25) is 0 Å². The van der Waals surface area contributed by atoms with Gasteiger partial charge in [-0.05, 0) is 31.2 Å². The number of benzene rings is 1. The molecule has 0 fully saturated rings. The Morgan fingerprint density at radius 1 is 1.29 bits per heavy atom. The molecule has 0 unspecified atom stereocenters. The second-order valence-corrected chi connectivity index (χ2v) is 5.01. The molecule has 0 saturated carbocycles. The number of carbonyl (C=O) groups is 1. The van der Waals surface area contributed by atoms with E-state index < -0.39 is 5.95 Å². The number of halogens is 1. The van der Waals surface area contributed by atoms with Crippen LogP contribution < -0.4 is 5.43 Å². The largest absolute Gasteiger partial charge is 0.323 e. The second kappa shape index (κ2) is 6.91. The van der Waals surface area contributed by atoms with Gasteiger partial charge in [-0.3, -0.25) is 4.79 Å². The van der Waals surface area contributed by atoms with E-state index in [2.05, 4.69) is 15.6 Å². The Bertz CT molecular complexity index is 867. The molecular weight excluding hydrogens is 309 g/mol. The maximum Gasteiger partial charge on any atom is 0.273 e. The Kier molecular flexibility index (Phi) is 4.51. The average Bonchev–Trinajstić information content (AvgIpc) is 3.25. The van der Waals surface area contributed by atoms with Gasteiger partial charge in [0.05, 0.1) is 29.2 Å². The summed E-state index contributed by atoms with van der Waals surface area (Å²) in [5, 5.41) is 7.69. The quantitative estimate of drug-likeness (QED) is 0.579. The zero-order chi connectivity index (χ0) is 16.9. The third kappa shape index (κ3) is 3.10. The van der Waals surface area contributed by atoms with Gasteiger partial charge in [0.15, 0.2) is 0 Å². The Morgan fingerprint density at radius 3 is 2.75 bits per heavy atom. The molecule has 0 saturated heterocycles. The summed E-state index contributed by atoms with van der Waals surface area (Å²) < 4.78 is 16.9. The molecule has 122 valence electrons. The van der Waals surface area contributed by atoms with E-state index in [1.54, 1.807) is 19.1 Å². The highest BCUT2D eigenvalue weighted by Crippen LogP contribution is 2.14. The first-order chi connectivity index (χ1) is 11.7. The maximum atomic E-state index is 13.8. The van der Waals surface area contributed by atoms with Crippen molar-refractivity contribution in [3.05, 3.63) is 72.1 Å². The standard InChI is InChI=1S/C17H16FN5O/c1-2-23-16(18)13(12-20-23)11-19-21-17(24)14-7-3-4-8-15(14)22-9-5-6-10-22/h3-12H,2H2,1H3,(H,21,24)/b19-11-. The summed E-state index contributed by atoms with van der Waals surface area (Å²) in [6.45, 7) is 2.22. The molecule has 0 spiro atoms. The van der Waals surface area contributed by atoms with Gasteiger partial charge < -0.3 is 4.57 Å². The number of carbonyl (C=O) groups excluding carboxylic acids is 1. The SMILES string of the molecule is CCn1ncc(/C=N\NC(=O)c2ccccc2-n2cccc2)c1F. The summed E-state index contributed by atoms with van der Waals surface area (Å²) in [7, 11) is 0. The van der Waals surface area contributed by atoms with Crippen molar-refractivity contribution in [3.63, 3.8) is 0 Å². The molecule has 7 heteroatoms. The summed E-state index contributed by atoms with van der Waals surface area (Å²) in [6.07, 6.45) is 6.31. The molecule has 2 aromatic heterocycles. The molecule has 3 aromatic rings. The normalized spacial score (nSPS) is 11.1. The third-order valence-electron chi connectivity index (χ3n) is 3.50. The topological polar surface area (TPSA) is 64.2 Å². The van der Waals surface area contributed by atoms with E-state index in [-0.39, 0.29) is 11.5 Å². The summed E-state index contributed by atoms with van der Waals surface area (Å²) >= 11 is 0. The van der Waals surface area contributed by atoms with Crippen LogP contribution in [0.1, 0.15) is 22.8 Å². The van der Waals surface area contributed by atoms with Crippen LogP contribution in [0.15, 0.2) is 60.1 Å². The number of aromatic nitrogens is 3. The molecule has 1 aromatic carbocycles. The lowest BCUT2D eigenvalue weighted by Gasteiger charge is -2.08. The lowest BCUT2D eigenvalue weighted by Crippen LogP contribution is -2.19. The smallest absolute Gasteiger partial charge is 0.273 e. The molecule has 0 radical (unpaired) electrons. The number of hydrogen-bond donors (Lipinski definition) is 1. The molecule has 0 aliphatic carbocycles. The predicted octanol–water partition coefficient (Wildman–Crippen LogP) is 2.60. The van der Waals surface area contributed by atoms with Crippen molar-refractivity contribution in [3.8, 4) is 5.69 Å². The monoisotopic (exact) mass is 325 g/mol. The van der Waals surface area contributed by atoms with E-state index in [1.807, 2.05) is 41.2 Å². The Balaban J connectivity index is 1.76. The molecule has 1 amide bonds. The fourth-order valence-electron chi connectivity index (χ4n) is 2.30. The van der Waals surface area contributed by atoms with E-state index >= 15 is 0 Å². The maximum absolute atomic E-state index is 13.8. The molecule has 24 heavy (non-hydrogen) atoms. The molecule has 2 heterocycles. The first-order valence-corrected chi connectivity index (χ1v) is 7.47. The van der Waals surface area contributed by atoms with Crippen LogP contribution in [0.4, 0.5) is 4.39 Å². The summed E-state index contributed by atoms with van der Waals surface area (Å²) in [4.78, 5) is 12.3. The van der Waals surface area contributed by atoms with Crippen LogP contribution in [0.5, 0.6) is 0 Å². The van der Waals surface area contributed by atoms with E-state index in [4.69, 9.17) is 0 Å². The number of nitrogens with one attached hydrogen (secondary N) is 1. The molecule has 0 atom stereocenters. The van der Waals surface area contributed by atoms with Crippen molar-refractivity contribution in [2.45, 2.75) is 13.5 Å². The lowest BCUT2D eigenvalue weighted by atomic mass is 10.1. The zero-order valence-electron chi connectivity index (χ0n) is 13.1. The fraction of sp³-hybridized carbons (Fsp3) is 0.118. The van der Waals surface area contributed by atoms with Crippen molar-refractivity contribution in [2.24, 2.45) is 5.10 Å². The van der Waals surface area contributed by atoms with E-state index in [1.165, 1.54) is 17.1 Å². The molecule has 0 aliphatic heterocycles. The van der Waals surface area contributed by atoms with Gasteiger partial charge >= 0.3 is 0 Å². The van der Waals surface area contributed by atoms with Crippen molar-refractivity contribution in [2.75, 3.05) is 0 Å². The number of hydrogen-bond acceptors (Lipinski definition) is 3. The zero-order valence-corrected chi connectivity index (χ0v) is 13.1. The predicted molar refractivity (Wildman–Crippen MR) is 88.7 cm³/mol. The van der Waals surface area contributed by atoms with Gasteiger partial charge in [0.2, 0.25) is 5.95 Å². The van der Waals surface area contributed by atoms with E-state index in [9.17, 15) is 9.18 Å². The highest BCUT2D eigenvalue weighted by Gasteiger charge is 2.11. The van der Waals surface area contributed by atoms with Crippen molar-refractivity contribution < 1.29 is 9.18 Å². The molecule has 0 bridgehead atoms. The number of amides is 1. The van der Waals surface area contributed by atoms with Crippen LogP contribution in [-0.4, -0.2) is 26.5 Å². The Hall–Kier alpha value is -3.22. The Labute approximate surface area is 138 Å². The summed E-state index contributed by atoms with van der Waals surface area (Å²) in [6, 6.07) is 10.9. The number of rotatable bonds is 5. The van der Waals surface area contributed by atoms with Gasteiger partial charge in [0.25, 0.3) is 5.91 Å². The van der Waals surface area contributed by atoms with Crippen molar-refractivity contribution >= 4 is 12.1 Å². The van der Waals surface area contributed by atoms with Crippen LogP contribution in [0.3, 0.4) is 0 Å². The van der Waals surface area contributed by atoms with Gasteiger partial charge in [-0.1, -0.05) is 12.1 Å². The minimum Gasteiger partial charge on any atom is -0.323 e. The first kappa shape index (κ1) is 15.7. The fourth-order valence-corrected chi connectivity index (χ4v) is 2.30. The number of hydrazone groups is 1. The van der Waals surface area contributed by atoms with Crippen molar-refractivity contribution in [1.82, 2.24) is 19.8 Å². The van der Waals surface area contributed by atoms with Gasteiger partial charge in [0, 0.05) is 18.9 Å². The minimum atomic E-state index is -0.483. The molecular formula is C17H16FN5O. The van der Waals surface area contributed by atoms with Crippen LogP contribution in [0, 0.1) is 5.95 Å². The summed E-state index contributed by atoms with van der Waals surface area (Å²) in [5.74, 6) is -0.859. The van der Waals surface area contributed by atoms with E-state index in [0.717, 1.165) is 5.69 Å². The molecule has 1 N–H and O–H groups in total. The highest BCUT2D eigenvalue weighted by molar-refractivity contribution is 5.98. The minimum absolute atomic E-state index is 0.218. The van der Waals surface area contributed by atoms with Gasteiger partial charge in [-0.25, -0.2) is 10.1 Å².